The molecule has 1 rings (SSSR count). The molecule has 0 heterocycles. The molecule has 1 saturated carbocycles. The molecule has 0 radical (unpaired) electrons. The van der Waals surface area contributed by atoms with Gasteiger partial charge in [0.2, 0.25) is 5.91 Å². The van der Waals surface area contributed by atoms with Gasteiger partial charge in [0.1, 0.15) is 0 Å². The number of hydrogen-bond donors (Lipinski definition) is 2. The second kappa shape index (κ2) is 6.89. The van der Waals surface area contributed by atoms with Gasteiger partial charge in [-0.25, -0.2) is 0 Å². The molecule has 0 aliphatic heterocycles. The van der Waals surface area contributed by atoms with E-state index in [0.717, 1.165) is 19.3 Å². The number of carboxylic acids is 1. The normalized spacial score (nSPS) is 28.7. The maximum absolute atomic E-state index is 11.9. The summed E-state index contributed by atoms with van der Waals surface area (Å²) < 4.78 is 5.00. The van der Waals surface area contributed by atoms with Crippen molar-refractivity contribution < 1.29 is 19.4 Å². The van der Waals surface area contributed by atoms with Gasteiger partial charge in [0.05, 0.1) is 5.41 Å². The molecule has 19 heavy (non-hydrogen) atoms. The zero-order valence-electron chi connectivity index (χ0n) is 12.1. The summed E-state index contributed by atoms with van der Waals surface area (Å²) in [7, 11) is 1.61. The van der Waals surface area contributed by atoms with Gasteiger partial charge in [-0.15, -0.1) is 0 Å². The van der Waals surface area contributed by atoms with Gasteiger partial charge in [-0.2, -0.15) is 0 Å². The fourth-order valence-electron chi connectivity index (χ4n) is 2.73. The number of carbonyl (C=O) groups is 2. The van der Waals surface area contributed by atoms with E-state index in [1.54, 1.807) is 14.0 Å². The van der Waals surface area contributed by atoms with Crippen LogP contribution in [0.2, 0.25) is 0 Å². The van der Waals surface area contributed by atoms with Crippen molar-refractivity contribution in [1.82, 2.24) is 5.32 Å². The molecule has 1 amide bonds. The van der Waals surface area contributed by atoms with Crippen LogP contribution >= 0.6 is 0 Å². The Labute approximate surface area is 114 Å². The molecule has 0 aromatic carbocycles. The van der Waals surface area contributed by atoms with Crippen molar-refractivity contribution in [3.63, 3.8) is 0 Å². The van der Waals surface area contributed by atoms with Crippen LogP contribution in [-0.2, 0) is 14.3 Å². The predicted molar refractivity (Wildman–Crippen MR) is 71.8 cm³/mol. The standard InChI is InChI=1S/C14H25NO4/c1-10(9-19-3)8-12(16)15-11-6-4-5-7-14(11,2)13(17)18/h10-11H,4-9H2,1-3H3,(H,15,16)(H,17,18). The van der Waals surface area contributed by atoms with Crippen molar-refractivity contribution in [2.45, 2.75) is 52.0 Å². The fourth-order valence-corrected chi connectivity index (χ4v) is 2.73. The van der Waals surface area contributed by atoms with Crippen LogP contribution in [0.3, 0.4) is 0 Å². The third-order valence-electron chi connectivity index (χ3n) is 4.02. The zero-order valence-corrected chi connectivity index (χ0v) is 12.1. The Morgan fingerprint density at radius 2 is 2.16 bits per heavy atom. The first-order valence-corrected chi connectivity index (χ1v) is 6.92. The Bertz CT molecular complexity index is 331. The highest BCUT2D eigenvalue weighted by atomic mass is 16.5. The van der Waals surface area contributed by atoms with Gasteiger partial charge in [-0.3, -0.25) is 9.59 Å². The highest BCUT2D eigenvalue weighted by molar-refractivity contribution is 5.80. The largest absolute Gasteiger partial charge is 0.481 e. The van der Waals surface area contributed by atoms with Gasteiger partial charge in [0, 0.05) is 26.2 Å². The minimum atomic E-state index is -0.835. The molecule has 1 fully saturated rings. The second-order valence-corrected chi connectivity index (χ2v) is 5.85. The lowest BCUT2D eigenvalue weighted by molar-refractivity contribution is -0.152. The zero-order chi connectivity index (χ0) is 14.5. The molecular formula is C14H25NO4. The molecule has 110 valence electrons. The first-order valence-electron chi connectivity index (χ1n) is 6.92. The molecule has 2 N–H and O–H groups in total. The lowest BCUT2D eigenvalue weighted by Gasteiger charge is -2.38. The number of hydrogen-bond acceptors (Lipinski definition) is 3. The number of methoxy groups -OCH3 is 1. The average molecular weight is 271 g/mol. The first kappa shape index (κ1) is 16.0. The van der Waals surface area contributed by atoms with E-state index in [1.165, 1.54) is 0 Å². The molecule has 0 saturated heterocycles. The van der Waals surface area contributed by atoms with E-state index < -0.39 is 11.4 Å². The Balaban J connectivity index is 2.58. The van der Waals surface area contributed by atoms with E-state index in [1.807, 2.05) is 6.92 Å². The Morgan fingerprint density at radius 1 is 1.47 bits per heavy atom. The molecule has 1 aliphatic rings. The van der Waals surface area contributed by atoms with Crippen molar-refractivity contribution in [2.75, 3.05) is 13.7 Å². The molecule has 1 aliphatic carbocycles. The minimum absolute atomic E-state index is 0.0797. The van der Waals surface area contributed by atoms with E-state index >= 15 is 0 Å². The lowest BCUT2D eigenvalue weighted by Crippen LogP contribution is -2.52. The topological polar surface area (TPSA) is 75.6 Å². The van der Waals surface area contributed by atoms with Gasteiger partial charge >= 0.3 is 5.97 Å². The van der Waals surface area contributed by atoms with E-state index in [-0.39, 0.29) is 17.9 Å². The number of rotatable bonds is 6. The molecule has 0 spiro atoms. The molecule has 3 atom stereocenters. The van der Waals surface area contributed by atoms with Crippen LogP contribution < -0.4 is 5.32 Å². The number of carboxylic acid groups (broad SMARTS) is 1. The van der Waals surface area contributed by atoms with Crippen LogP contribution in [0.5, 0.6) is 0 Å². The molecule has 5 nitrogen and oxygen atoms in total. The van der Waals surface area contributed by atoms with Crippen molar-refractivity contribution in [3.05, 3.63) is 0 Å². The van der Waals surface area contributed by atoms with Gasteiger partial charge in [0.15, 0.2) is 0 Å². The summed E-state index contributed by atoms with van der Waals surface area (Å²) >= 11 is 0. The van der Waals surface area contributed by atoms with Gasteiger partial charge < -0.3 is 15.2 Å². The van der Waals surface area contributed by atoms with Crippen LogP contribution in [0, 0.1) is 11.3 Å². The van der Waals surface area contributed by atoms with Gasteiger partial charge in [-0.05, 0) is 25.7 Å². The van der Waals surface area contributed by atoms with Crippen molar-refractivity contribution in [3.8, 4) is 0 Å². The number of carbonyl (C=O) groups excluding carboxylic acids is 1. The van der Waals surface area contributed by atoms with Gasteiger partial charge in [0.25, 0.3) is 0 Å². The Kier molecular flexibility index (Phi) is 5.79. The second-order valence-electron chi connectivity index (χ2n) is 5.85. The first-order chi connectivity index (χ1) is 8.90. The Morgan fingerprint density at radius 3 is 2.74 bits per heavy atom. The summed E-state index contributed by atoms with van der Waals surface area (Å²) in [4.78, 5) is 23.4. The van der Waals surface area contributed by atoms with Gasteiger partial charge in [-0.1, -0.05) is 19.8 Å². The molecule has 0 aromatic rings. The minimum Gasteiger partial charge on any atom is -0.481 e. The summed E-state index contributed by atoms with van der Waals surface area (Å²) in [5, 5.41) is 12.3. The summed E-state index contributed by atoms with van der Waals surface area (Å²) in [6.45, 7) is 4.21. The molecule has 0 aromatic heterocycles. The average Bonchev–Trinajstić information content (AvgIpc) is 2.32. The van der Waals surface area contributed by atoms with Crippen molar-refractivity contribution in [2.24, 2.45) is 11.3 Å². The Hall–Kier alpha value is -1.10. The quantitative estimate of drug-likeness (QED) is 0.772. The molecule has 0 bridgehead atoms. The van der Waals surface area contributed by atoms with Crippen LogP contribution in [0.25, 0.3) is 0 Å². The monoisotopic (exact) mass is 271 g/mol. The fraction of sp³-hybridized carbons (Fsp3) is 0.857. The van der Waals surface area contributed by atoms with Crippen LogP contribution in [0.1, 0.15) is 46.0 Å². The third-order valence-corrected chi connectivity index (χ3v) is 4.02. The maximum Gasteiger partial charge on any atom is 0.311 e. The number of nitrogens with one attached hydrogen (secondary N) is 1. The van der Waals surface area contributed by atoms with E-state index in [2.05, 4.69) is 5.32 Å². The van der Waals surface area contributed by atoms with Crippen molar-refractivity contribution >= 4 is 11.9 Å². The lowest BCUT2D eigenvalue weighted by atomic mass is 9.71. The van der Waals surface area contributed by atoms with Crippen LogP contribution in [-0.4, -0.2) is 36.7 Å². The molecule has 3 unspecified atom stereocenters. The van der Waals surface area contributed by atoms with Crippen LogP contribution in [0.15, 0.2) is 0 Å². The SMILES string of the molecule is COCC(C)CC(=O)NC1CCCCC1(C)C(=O)O. The van der Waals surface area contributed by atoms with E-state index in [4.69, 9.17) is 4.74 Å². The number of amides is 1. The van der Waals surface area contributed by atoms with E-state index in [0.29, 0.717) is 19.4 Å². The maximum atomic E-state index is 11.9. The molecule has 5 heteroatoms. The summed E-state index contributed by atoms with van der Waals surface area (Å²) in [6, 6.07) is -0.263. The summed E-state index contributed by atoms with van der Waals surface area (Å²) in [5.41, 5.74) is -0.835. The summed E-state index contributed by atoms with van der Waals surface area (Å²) in [5.74, 6) is -0.754. The van der Waals surface area contributed by atoms with Crippen LogP contribution in [0.4, 0.5) is 0 Å². The van der Waals surface area contributed by atoms with E-state index in [9.17, 15) is 14.7 Å². The summed E-state index contributed by atoms with van der Waals surface area (Å²) in [6.07, 6.45) is 3.63. The molecular weight excluding hydrogens is 246 g/mol. The smallest absolute Gasteiger partial charge is 0.311 e. The number of ether oxygens (including phenoxy) is 1. The van der Waals surface area contributed by atoms with Crippen molar-refractivity contribution in [1.29, 1.82) is 0 Å². The predicted octanol–water partition coefficient (Wildman–Crippen LogP) is 1.81. The highest BCUT2D eigenvalue weighted by Crippen LogP contribution is 2.36. The third kappa shape index (κ3) is 4.20. The number of aliphatic carboxylic acids is 1. The highest BCUT2D eigenvalue weighted by Gasteiger charge is 2.43.